The lowest BCUT2D eigenvalue weighted by Gasteiger charge is -2.29. The Bertz CT molecular complexity index is 2280. The number of nitrogens with zero attached hydrogens (tertiary/aromatic N) is 4. The first-order valence-electron chi connectivity index (χ1n) is 17.7. The van der Waals surface area contributed by atoms with Crippen LogP contribution in [0, 0.1) is 0 Å². The molecule has 5 aromatic carbocycles. The molecule has 0 atom stereocenters. The molecule has 2 aromatic heterocycles. The van der Waals surface area contributed by atoms with Gasteiger partial charge in [-0.05, 0) is 129 Å². The van der Waals surface area contributed by atoms with E-state index in [1.54, 1.807) is 24.3 Å². The highest BCUT2D eigenvalue weighted by molar-refractivity contribution is 6.42. The average molecular weight is 751 g/mol. The van der Waals surface area contributed by atoms with Crippen molar-refractivity contribution >= 4 is 87.9 Å². The van der Waals surface area contributed by atoms with Crippen LogP contribution < -0.4 is 21.3 Å². The van der Waals surface area contributed by atoms with Gasteiger partial charge >= 0.3 is 12.4 Å². The molecule has 4 N–H and O–H groups in total. The SMILES string of the molecule is CC(C)(C)Nc1cc2c3cc(NC(C)(C)C)c4nc(C(F)(F)F)nc5c(NC(C)(C)C)cc(c6cc(NC(C)(C)C)c7nc(C(F)(F)F)nc1c7c26)c3c45. The Morgan fingerprint density at radius 2 is 0.556 bits per heavy atom. The van der Waals surface area contributed by atoms with Crippen LogP contribution in [-0.4, -0.2) is 42.1 Å². The standard InChI is InChI=1S/C40H44F6N8/c1-35(2,3)51-21-13-17-18-14-23(53-37(7,8)9)31-28-26(18)20(16-24(54-38(10,11)12)32(28)50-34(49-31)40(44,45)46)19-15-22(52-36(4,5)6)30-27(25(17)19)29(21)47-33(48-30)39(41,42)43/h13-16,51-54H,1-12H3. The minimum Gasteiger partial charge on any atom is -0.379 e. The Morgan fingerprint density at radius 3 is 0.722 bits per heavy atom. The first-order valence-corrected chi connectivity index (χ1v) is 17.7. The molecule has 0 unspecified atom stereocenters. The minimum absolute atomic E-state index is 0.101. The number of benzene rings is 5. The van der Waals surface area contributed by atoms with Crippen LogP contribution in [0.3, 0.4) is 0 Å². The molecule has 0 bridgehead atoms. The minimum atomic E-state index is -4.84. The lowest BCUT2D eigenvalue weighted by molar-refractivity contribution is -0.145. The number of rotatable bonds is 4. The third-order valence-corrected chi connectivity index (χ3v) is 8.70. The van der Waals surface area contributed by atoms with E-state index < -0.39 is 46.2 Å². The van der Waals surface area contributed by atoms with Crippen LogP contribution in [0.1, 0.15) is 94.7 Å². The van der Waals surface area contributed by atoms with Crippen molar-refractivity contribution in [2.24, 2.45) is 0 Å². The molecule has 286 valence electrons. The number of nitrogens with one attached hydrogen (secondary N) is 4. The molecule has 7 rings (SSSR count). The van der Waals surface area contributed by atoms with Gasteiger partial charge in [-0.2, -0.15) is 26.3 Å². The Hall–Kier alpha value is -4.88. The monoisotopic (exact) mass is 750 g/mol. The van der Waals surface area contributed by atoms with Crippen molar-refractivity contribution in [1.82, 2.24) is 19.9 Å². The molecular weight excluding hydrogens is 706 g/mol. The van der Waals surface area contributed by atoms with Gasteiger partial charge in [0.25, 0.3) is 0 Å². The molecule has 0 aliphatic rings. The van der Waals surface area contributed by atoms with Gasteiger partial charge in [0.2, 0.25) is 11.6 Å². The van der Waals surface area contributed by atoms with Gasteiger partial charge in [0.1, 0.15) is 0 Å². The topological polar surface area (TPSA) is 99.7 Å². The largest absolute Gasteiger partial charge is 0.451 e. The van der Waals surface area contributed by atoms with Gasteiger partial charge in [-0.3, -0.25) is 0 Å². The second-order valence-electron chi connectivity index (χ2n) is 18.4. The van der Waals surface area contributed by atoms with E-state index in [1.807, 2.05) is 83.1 Å². The van der Waals surface area contributed by atoms with E-state index in [9.17, 15) is 26.3 Å². The van der Waals surface area contributed by atoms with Crippen molar-refractivity contribution in [1.29, 1.82) is 0 Å². The highest BCUT2D eigenvalue weighted by Crippen LogP contribution is 2.52. The Balaban J connectivity index is 1.83. The summed E-state index contributed by atoms with van der Waals surface area (Å²) in [5, 5.41) is 18.3. The summed E-state index contributed by atoms with van der Waals surface area (Å²) >= 11 is 0. The molecule has 0 saturated carbocycles. The summed E-state index contributed by atoms with van der Waals surface area (Å²) in [5.41, 5.74) is -0.575. The number of fused-ring (bicyclic) bond motifs is 2. The van der Waals surface area contributed by atoms with Crippen molar-refractivity contribution in [2.45, 2.75) is 118 Å². The first-order chi connectivity index (χ1) is 24.5. The maximum Gasteiger partial charge on any atom is 0.451 e. The van der Waals surface area contributed by atoms with Gasteiger partial charge in [-0.15, -0.1) is 0 Å². The molecule has 54 heavy (non-hydrogen) atoms. The van der Waals surface area contributed by atoms with Crippen molar-refractivity contribution in [3.8, 4) is 0 Å². The zero-order valence-corrected chi connectivity index (χ0v) is 32.4. The summed E-state index contributed by atoms with van der Waals surface area (Å²) in [6.45, 7) is 22.8. The van der Waals surface area contributed by atoms with Gasteiger partial charge in [0.15, 0.2) is 0 Å². The lowest BCUT2D eigenvalue weighted by atomic mass is 9.86. The van der Waals surface area contributed by atoms with E-state index in [-0.39, 0.29) is 22.1 Å². The molecule has 2 heterocycles. The summed E-state index contributed by atoms with van der Waals surface area (Å²) < 4.78 is 87.3. The van der Waals surface area contributed by atoms with Gasteiger partial charge in [-0.25, -0.2) is 19.9 Å². The predicted octanol–water partition coefficient (Wildman–Crippen LogP) is 11.9. The van der Waals surface area contributed by atoms with E-state index in [4.69, 9.17) is 0 Å². The third kappa shape index (κ3) is 6.61. The Kier molecular flexibility index (Phi) is 7.85. The fraction of sp³-hybridized carbons (Fsp3) is 0.450. The van der Waals surface area contributed by atoms with Crippen LogP contribution in [0.25, 0.3) is 65.2 Å². The van der Waals surface area contributed by atoms with Crippen LogP contribution in [0.4, 0.5) is 49.1 Å². The van der Waals surface area contributed by atoms with Crippen LogP contribution >= 0.6 is 0 Å². The normalized spacial score (nSPS) is 14.1. The Labute approximate surface area is 308 Å². The Morgan fingerprint density at radius 1 is 0.352 bits per heavy atom. The number of anilines is 4. The molecule has 0 radical (unpaired) electrons. The van der Waals surface area contributed by atoms with E-state index in [0.29, 0.717) is 65.8 Å². The molecule has 0 amide bonds. The molecule has 14 heteroatoms. The zero-order chi connectivity index (χ0) is 39.9. The quantitative estimate of drug-likeness (QED) is 0.0802. The highest BCUT2D eigenvalue weighted by atomic mass is 19.4. The third-order valence-electron chi connectivity index (χ3n) is 8.70. The summed E-state index contributed by atoms with van der Waals surface area (Å²) in [4.78, 5) is 16.7. The molecule has 0 aliphatic heterocycles. The second kappa shape index (κ2) is 11.3. The summed E-state index contributed by atoms with van der Waals surface area (Å²) in [5.74, 6) is -2.54. The van der Waals surface area contributed by atoms with Gasteiger partial charge in [0, 0.05) is 43.7 Å². The van der Waals surface area contributed by atoms with Crippen LogP contribution in [0.5, 0.6) is 0 Å². The smallest absolute Gasteiger partial charge is 0.379 e. The van der Waals surface area contributed by atoms with Crippen molar-refractivity contribution in [3.63, 3.8) is 0 Å². The van der Waals surface area contributed by atoms with Crippen LogP contribution in [0.15, 0.2) is 24.3 Å². The number of aromatic nitrogens is 4. The fourth-order valence-corrected chi connectivity index (χ4v) is 7.24. The van der Waals surface area contributed by atoms with Crippen LogP contribution in [-0.2, 0) is 12.4 Å². The molecular formula is C40H44F6N8. The van der Waals surface area contributed by atoms with Gasteiger partial charge in [-0.1, -0.05) is 0 Å². The molecule has 8 nitrogen and oxygen atoms in total. The van der Waals surface area contributed by atoms with E-state index in [1.165, 1.54) is 0 Å². The molecule has 0 saturated heterocycles. The fourth-order valence-electron chi connectivity index (χ4n) is 7.24. The zero-order valence-electron chi connectivity index (χ0n) is 32.4. The summed E-state index contributed by atoms with van der Waals surface area (Å²) in [7, 11) is 0. The van der Waals surface area contributed by atoms with Crippen molar-refractivity contribution in [2.75, 3.05) is 21.3 Å². The molecule has 0 aliphatic carbocycles. The molecule has 0 fully saturated rings. The molecule has 7 aromatic rings. The summed E-state index contributed by atoms with van der Waals surface area (Å²) in [6.07, 6.45) is -9.68. The highest BCUT2D eigenvalue weighted by Gasteiger charge is 2.39. The average Bonchev–Trinajstić information content (AvgIpc) is 2.97. The van der Waals surface area contributed by atoms with E-state index in [0.717, 1.165) is 0 Å². The van der Waals surface area contributed by atoms with Gasteiger partial charge < -0.3 is 21.3 Å². The second-order valence-corrected chi connectivity index (χ2v) is 18.4. The molecule has 0 spiro atoms. The van der Waals surface area contributed by atoms with E-state index in [2.05, 4.69) is 41.2 Å². The van der Waals surface area contributed by atoms with Gasteiger partial charge in [0.05, 0.1) is 44.8 Å². The summed E-state index contributed by atoms with van der Waals surface area (Å²) in [6, 6.07) is 7.18. The van der Waals surface area contributed by atoms with Crippen molar-refractivity contribution < 1.29 is 26.3 Å². The number of alkyl halides is 6. The number of hydrogen-bond donors (Lipinski definition) is 4. The number of halogens is 6. The van der Waals surface area contributed by atoms with Crippen LogP contribution in [0.2, 0.25) is 0 Å². The maximum atomic E-state index is 14.5. The number of hydrogen-bond acceptors (Lipinski definition) is 8. The first kappa shape index (κ1) is 37.4. The predicted molar refractivity (Wildman–Crippen MR) is 209 cm³/mol. The van der Waals surface area contributed by atoms with E-state index >= 15 is 0 Å². The van der Waals surface area contributed by atoms with Crippen molar-refractivity contribution in [3.05, 3.63) is 35.9 Å². The maximum absolute atomic E-state index is 14.5. The lowest BCUT2D eigenvalue weighted by Crippen LogP contribution is -2.27.